The van der Waals surface area contributed by atoms with Gasteiger partial charge in [-0.15, -0.1) is 0 Å². The van der Waals surface area contributed by atoms with E-state index in [2.05, 4.69) is 5.32 Å². The summed E-state index contributed by atoms with van der Waals surface area (Å²) >= 11 is 0. The highest BCUT2D eigenvalue weighted by molar-refractivity contribution is 6.06. The van der Waals surface area contributed by atoms with Gasteiger partial charge in [-0.1, -0.05) is 26.0 Å². The van der Waals surface area contributed by atoms with Gasteiger partial charge in [0.05, 0.1) is 23.1 Å². The summed E-state index contributed by atoms with van der Waals surface area (Å²) in [4.78, 5) is 24.2. The van der Waals surface area contributed by atoms with Gasteiger partial charge >= 0.3 is 12.1 Å². The molecular weight excluding hydrogens is 452 g/mol. The van der Waals surface area contributed by atoms with Crippen molar-refractivity contribution in [2.45, 2.75) is 45.5 Å². The smallest absolute Gasteiger partial charge is 0.416 e. The Hall–Kier alpha value is -3.36. The molecule has 0 aliphatic heterocycles. The predicted octanol–water partition coefficient (Wildman–Crippen LogP) is 5.47. The number of alkyl halides is 3. The summed E-state index contributed by atoms with van der Waals surface area (Å²) in [5.41, 5.74) is 0.00707. The number of hydrogen-bond donors (Lipinski definition) is 2. The van der Waals surface area contributed by atoms with Gasteiger partial charge in [-0.05, 0) is 53.6 Å². The lowest BCUT2D eigenvalue weighted by Gasteiger charge is -2.51. The average Bonchev–Trinajstić information content (AvgIpc) is 3.14. The highest BCUT2D eigenvalue weighted by atomic mass is 19.4. The molecule has 34 heavy (non-hydrogen) atoms. The van der Waals surface area contributed by atoms with Gasteiger partial charge in [0.25, 0.3) is 5.91 Å². The van der Waals surface area contributed by atoms with Crippen LogP contribution in [0.5, 0.6) is 0 Å². The summed E-state index contributed by atoms with van der Waals surface area (Å²) in [5.74, 6) is -2.03. The van der Waals surface area contributed by atoms with Gasteiger partial charge in [0, 0.05) is 24.2 Å². The average molecular weight is 476 g/mol. The minimum absolute atomic E-state index is 0.000721. The molecule has 3 atom stereocenters. The van der Waals surface area contributed by atoms with Gasteiger partial charge in [0.2, 0.25) is 0 Å². The molecule has 1 saturated carbocycles. The van der Waals surface area contributed by atoms with E-state index in [0.29, 0.717) is 22.9 Å². The van der Waals surface area contributed by atoms with E-state index < -0.39 is 34.8 Å². The lowest BCUT2D eigenvalue weighted by Crippen LogP contribution is -2.57. The normalized spacial score (nSPS) is 22.4. The van der Waals surface area contributed by atoms with Crippen LogP contribution < -0.4 is 5.32 Å². The van der Waals surface area contributed by atoms with Crippen LogP contribution in [0.1, 0.15) is 48.2 Å². The van der Waals surface area contributed by atoms with Crippen LogP contribution in [0.25, 0.3) is 10.9 Å². The van der Waals surface area contributed by atoms with Gasteiger partial charge in [-0.3, -0.25) is 9.59 Å². The fraction of sp³-hybridized carbons (Fsp3) is 0.360. The maximum absolute atomic E-state index is 14.3. The number of benzene rings is 2. The van der Waals surface area contributed by atoms with E-state index in [9.17, 15) is 27.2 Å². The Morgan fingerprint density at radius 3 is 2.44 bits per heavy atom. The Morgan fingerprint density at radius 2 is 1.85 bits per heavy atom. The number of nitrogens with one attached hydrogen (secondary N) is 1. The zero-order chi connectivity index (χ0) is 24.8. The SMILES string of the molecule is C[C@@H]1C(NC(=O)c2cc(F)cc3ccn(Cc4ccc(C(F)(F)F)cc4)c23)C[C@@]1(C)CC(=O)O. The first kappa shape index (κ1) is 23.8. The molecule has 1 heterocycles. The first-order chi connectivity index (χ1) is 15.9. The molecule has 1 fully saturated rings. The zero-order valence-corrected chi connectivity index (χ0v) is 18.6. The number of rotatable bonds is 6. The molecule has 5 nitrogen and oxygen atoms in total. The Kier molecular flexibility index (Phi) is 5.91. The van der Waals surface area contributed by atoms with Crippen molar-refractivity contribution >= 4 is 22.8 Å². The van der Waals surface area contributed by atoms with Crippen LogP contribution in [0.2, 0.25) is 0 Å². The summed E-state index contributed by atoms with van der Waals surface area (Å²) in [5, 5.41) is 12.5. The van der Waals surface area contributed by atoms with Crippen molar-refractivity contribution in [1.29, 1.82) is 0 Å². The predicted molar refractivity (Wildman–Crippen MR) is 118 cm³/mol. The molecule has 0 spiro atoms. The molecule has 0 saturated heterocycles. The number of carboxylic acids is 1. The largest absolute Gasteiger partial charge is 0.481 e. The molecule has 3 aromatic rings. The first-order valence-corrected chi connectivity index (χ1v) is 10.8. The Bertz CT molecular complexity index is 1250. The highest BCUT2D eigenvalue weighted by Gasteiger charge is 2.49. The number of carbonyl (C=O) groups is 2. The van der Waals surface area contributed by atoms with Crippen molar-refractivity contribution in [1.82, 2.24) is 9.88 Å². The van der Waals surface area contributed by atoms with Crippen molar-refractivity contribution in [3.05, 3.63) is 71.2 Å². The van der Waals surface area contributed by atoms with Gasteiger partial charge in [-0.25, -0.2) is 4.39 Å². The second-order valence-corrected chi connectivity index (χ2v) is 9.33. The third-order valence-corrected chi connectivity index (χ3v) is 6.96. The summed E-state index contributed by atoms with van der Waals surface area (Å²) in [7, 11) is 0. The van der Waals surface area contributed by atoms with E-state index in [-0.39, 0.29) is 30.5 Å². The van der Waals surface area contributed by atoms with E-state index in [1.807, 2.05) is 13.8 Å². The number of halogens is 4. The van der Waals surface area contributed by atoms with E-state index >= 15 is 0 Å². The van der Waals surface area contributed by atoms with E-state index in [0.717, 1.165) is 18.2 Å². The summed E-state index contributed by atoms with van der Waals surface area (Å²) in [6, 6.07) is 8.59. The molecule has 4 rings (SSSR count). The number of aromatic nitrogens is 1. The Labute approximate surface area is 193 Å². The van der Waals surface area contributed by atoms with Gasteiger partial charge in [0.1, 0.15) is 5.82 Å². The second kappa shape index (κ2) is 8.45. The summed E-state index contributed by atoms with van der Waals surface area (Å²) in [6.07, 6.45) is -2.27. The van der Waals surface area contributed by atoms with Crippen LogP contribution in [-0.2, 0) is 17.5 Å². The van der Waals surface area contributed by atoms with E-state index in [4.69, 9.17) is 5.11 Å². The summed E-state index contributed by atoms with van der Waals surface area (Å²) in [6.45, 7) is 3.94. The Morgan fingerprint density at radius 1 is 1.18 bits per heavy atom. The molecule has 1 amide bonds. The lowest BCUT2D eigenvalue weighted by atomic mass is 9.57. The van der Waals surface area contributed by atoms with Crippen LogP contribution in [0.15, 0.2) is 48.7 Å². The molecule has 2 N–H and O–H groups in total. The van der Waals surface area contributed by atoms with Crippen LogP contribution in [-0.4, -0.2) is 27.6 Å². The lowest BCUT2D eigenvalue weighted by molar-refractivity contribution is -0.143. The molecule has 1 unspecified atom stereocenters. The van der Waals surface area contributed by atoms with E-state index in [1.165, 1.54) is 18.2 Å². The van der Waals surface area contributed by atoms with Gasteiger partial charge in [0.15, 0.2) is 0 Å². The minimum Gasteiger partial charge on any atom is -0.481 e. The number of nitrogens with zero attached hydrogens (tertiary/aromatic N) is 1. The molecule has 0 radical (unpaired) electrons. The molecule has 180 valence electrons. The highest BCUT2D eigenvalue weighted by Crippen LogP contribution is 2.49. The number of fused-ring (bicyclic) bond motifs is 1. The Balaban J connectivity index is 1.58. The molecule has 2 aromatic carbocycles. The molecule has 9 heteroatoms. The van der Waals surface area contributed by atoms with Crippen molar-refractivity contribution < 1.29 is 32.3 Å². The topological polar surface area (TPSA) is 71.3 Å². The van der Waals surface area contributed by atoms with Gasteiger partial charge < -0.3 is 15.0 Å². The molecule has 1 aliphatic rings. The molecule has 1 aliphatic carbocycles. The van der Waals surface area contributed by atoms with E-state index in [1.54, 1.807) is 16.8 Å². The van der Waals surface area contributed by atoms with Crippen LogP contribution in [0.4, 0.5) is 17.6 Å². The number of amides is 1. The molecular formula is C25H24F4N2O3. The minimum atomic E-state index is -4.43. The maximum Gasteiger partial charge on any atom is 0.416 e. The third-order valence-electron chi connectivity index (χ3n) is 6.96. The van der Waals surface area contributed by atoms with Crippen molar-refractivity contribution in [2.24, 2.45) is 11.3 Å². The second-order valence-electron chi connectivity index (χ2n) is 9.33. The third kappa shape index (κ3) is 4.51. The fourth-order valence-corrected chi connectivity index (χ4v) is 4.80. The fourth-order valence-electron chi connectivity index (χ4n) is 4.80. The van der Waals surface area contributed by atoms with Crippen LogP contribution in [0, 0.1) is 17.2 Å². The van der Waals surface area contributed by atoms with Crippen molar-refractivity contribution in [2.75, 3.05) is 0 Å². The monoisotopic (exact) mass is 476 g/mol. The van der Waals surface area contributed by atoms with Crippen molar-refractivity contribution in [3.63, 3.8) is 0 Å². The number of hydrogen-bond acceptors (Lipinski definition) is 2. The zero-order valence-electron chi connectivity index (χ0n) is 18.6. The first-order valence-electron chi connectivity index (χ1n) is 10.8. The van der Waals surface area contributed by atoms with Crippen molar-refractivity contribution in [3.8, 4) is 0 Å². The molecule has 1 aromatic heterocycles. The standard InChI is InChI=1S/C25H24F4N2O3/c1-14-20(11-24(14,2)12-21(32)33)30-23(34)19-10-18(26)9-16-7-8-31(22(16)19)13-15-3-5-17(6-4-15)25(27,28)29/h3-10,14,20H,11-13H2,1-2H3,(H,30,34)(H,32,33)/t14-,20?,24+/m1/s1. The maximum atomic E-state index is 14.3. The number of carboxylic acid groups (broad SMARTS) is 1. The van der Waals surface area contributed by atoms with Gasteiger partial charge in [-0.2, -0.15) is 13.2 Å². The molecule has 0 bridgehead atoms. The quantitative estimate of drug-likeness (QED) is 0.464. The van der Waals surface area contributed by atoms with Crippen LogP contribution >= 0.6 is 0 Å². The number of carbonyl (C=O) groups excluding carboxylic acids is 1. The van der Waals surface area contributed by atoms with Crippen LogP contribution in [0.3, 0.4) is 0 Å². The summed E-state index contributed by atoms with van der Waals surface area (Å²) < 4.78 is 54.5. The number of aliphatic carboxylic acids is 1.